The number of methoxy groups -OCH3 is 2. The van der Waals surface area contributed by atoms with E-state index in [2.05, 4.69) is 10.2 Å². The van der Waals surface area contributed by atoms with Crippen LogP contribution in [0.5, 0.6) is 11.5 Å². The third kappa shape index (κ3) is 2.80. The summed E-state index contributed by atoms with van der Waals surface area (Å²) in [5.74, 6) is 1.81. The highest BCUT2D eigenvalue weighted by molar-refractivity contribution is 7.99. The molecule has 1 amide bonds. The molecular formula is C29H24Cl2N2O4S. The maximum absolute atomic E-state index is 15.0. The predicted molar refractivity (Wildman–Crippen MR) is 149 cm³/mol. The van der Waals surface area contributed by atoms with E-state index in [9.17, 15) is 4.79 Å². The van der Waals surface area contributed by atoms with Crippen molar-refractivity contribution in [3.05, 3.63) is 86.9 Å². The Hall–Kier alpha value is -2.71. The van der Waals surface area contributed by atoms with Crippen molar-refractivity contribution in [2.24, 2.45) is 5.41 Å². The van der Waals surface area contributed by atoms with Crippen LogP contribution < -0.4 is 14.8 Å². The molecule has 6 nitrogen and oxygen atoms in total. The maximum Gasteiger partial charge on any atom is 0.250 e. The average Bonchev–Trinajstić information content (AvgIpc) is 3.63. The van der Waals surface area contributed by atoms with E-state index in [0.29, 0.717) is 45.1 Å². The molecule has 0 saturated carbocycles. The molecular weight excluding hydrogens is 543 g/mol. The number of ketones is 1. The number of benzene rings is 3. The summed E-state index contributed by atoms with van der Waals surface area (Å²) in [6.07, 6.45) is 0.356. The summed E-state index contributed by atoms with van der Waals surface area (Å²) in [5, 5.41) is 4.23. The van der Waals surface area contributed by atoms with Crippen LogP contribution in [0, 0.1) is 5.41 Å². The van der Waals surface area contributed by atoms with Crippen molar-refractivity contribution in [2.45, 2.75) is 23.9 Å². The number of nitrogens with zero attached hydrogens (tertiary/aromatic N) is 1. The van der Waals surface area contributed by atoms with Gasteiger partial charge in [-0.1, -0.05) is 41.4 Å². The van der Waals surface area contributed by atoms with Gasteiger partial charge in [-0.25, -0.2) is 0 Å². The van der Waals surface area contributed by atoms with Gasteiger partial charge >= 0.3 is 0 Å². The quantitative estimate of drug-likeness (QED) is 0.435. The van der Waals surface area contributed by atoms with Crippen LogP contribution in [-0.2, 0) is 16.8 Å². The maximum atomic E-state index is 15.0. The van der Waals surface area contributed by atoms with Gasteiger partial charge in [0, 0.05) is 50.4 Å². The fraction of sp³-hybridized carbons (Fsp3) is 0.310. The van der Waals surface area contributed by atoms with Gasteiger partial charge in [-0.3, -0.25) is 14.5 Å². The molecule has 38 heavy (non-hydrogen) atoms. The fourth-order valence-corrected chi connectivity index (χ4v) is 9.25. The lowest BCUT2D eigenvalue weighted by Crippen LogP contribution is -2.58. The van der Waals surface area contributed by atoms with Crippen molar-refractivity contribution in [1.29, 1.82) is 0 Å². The number of Topliss-reactive ketones (excluding diaryl/α,β-unsaturated/α-hetero) is 1. The van der Waals surface area contributed by atoms with Crippen LogP contribution >= 0.6 is 35.0 Å². The molecule has 4 aliphatic rings. The zero-order chi connectivity index (χ0) is 26.4. The van der Waals surface area contributed by atoms with Crippen molar-refractivity contribution < 1.29 is 19.1 Å². The first-order valence-electron chi connectivity index (χ1n) is 12.4. The molecule has 2 saturated heterocycles. The molecule has 3 aliphatic heterocycles. The van der Waals surface area contributed by atoms with Crippen molar-refractivity contribution >= 4 is 52.3 Å². The van der Waals surface area contributed by atoms with E-state index in [0.717, 1.165) is 22.4 Å². The molecule has 0 radical (unpaired) electrons. The summed E-state index contributed by atoms with van der Waals surface area (Å²) in [5.41, 5.74) is 1.28. The lowest BCUT2D eigenvalue weighted by molar-refractivity contribution is -0.130. The van der Waals surface area contributed by atoms with Gasteiger partial charge in [0.05, 0.1) is 19.6 Å². The lowest BCUT2D eigenvalue weighted by Gasteiger charge is -2.44. The van der Waals surface area contributed by atoms with Crippen LogP contribution in [-0.4, -0.2) is 48.5 Å². The number of carbonyl (C=O) groups is 2. The van der Waals surface area contributed by atoms with Crippen molar-refractivity contribution in [3.8, 4) is 11.5 Å². The van der Waals surface area contributed by atoms with E-state index >= 15 is 4.79 Å². The third-order valence-corrected chi connectivity index (χ3v) is 10.4. The number of halogens is 2. The predicted octanol–water partition coefficient (Wildman–Crippen LogP) is 5.76. The Morgan fingerprint density at radius 3 is 2.55 bits per heavy atom. The summed E-state index contributed by atoms with van der Waals surface area (Å²) < 4.78 is 11.2. The van der Waals surface area contributed by atoms with Crippen LogP contribution in [0.1, 0.15) is 33.0 Å². The van der Waals surface area contributed by atoms with Crippen molar-refractivity contribution in [3.63, 3.8) is 0 Å². The van der Waals surface area contributed by atoms with E-state index < -0.39 is 11.0 Å². The SMILES string of the molecule is COc1cc2c(cc1OC)C(=O)C1(C2)C(c2ccccc2Cl)C2CSCN2C12C(=O)Nc1ccc(Cl)cc12. The molecule has 9 heteroatoms. The zero-order valence-corrected chi connectivity index (χ0v) is 23.0. The molecule has 1 N–H and O–H groups in total. The number of fused-ring (bicyclic) bond motifs is 6. The third-order valence-electron chi connectivity index (χ3n) is 8.83. The van der Waals surface area contributed by atoms with Crippen LogP contribution in [0.15, 0.2) is 54.6 Å². The Bertz CT molecular complexity index is 1550. The Morgan fingerprint density at radius 2 is 1.79 bits per heavy atom. The van der Waals surface area contributed by atoms with E-state index in [4.69, 9.17) is 32.7 Å². The fourth-order valence-electron chi connectivity index (χ4n) is 7.52. The zero-order valence-electron chi connectivity index (χ0n) is 20.7. The van der Waals surface area contributed by atoms with Gasteiger partial charge in [0.25, 0.3) is 5.91 Å². The topological polar surface area (TPSA) is 67.9 Å². The molecule has 3 heterocycles. The van der Waals surface area contributed by atoms with E-state index in [-0.39, 0.29) is 23.7 Å². The summed E-state index contributed by atoms with van der Waals surface area (Å²) >= 11 is 15.2. The standard InChI is InChI=1S/C29H24Cl2N2O4S/c1-36-23-9-15-12-28(26(34)18(15)11-24(23)37-2)25(17-5-3-4-6-20(17)31)22-13-38-14-33(22)29(28)19-10-16(30)7-8-21(19)32-27(29)35/h3-11,22,25H,12-14H2,1-2H3,(H,32,35). The average molecular weight is 567 g/mol. The van der Waals surface area contributed by atoms with Gasteiger partial charge in [0.2, 0.25) is 0 Å². The normalized spacial score (nSPS) is 29.1. The highest BCUT2D eigenvalue weighted by atomic mass is 35.5. The Kier molecular flexibility index (Phi) is 5.38. The molecule has 1 aliphatic carbocycles. The number of nitrogens with one attached hydrogen (secondary N) is 1. The van der Waals surface area contributed by atoms with E-state index in [1.165, 1.54) is 0 Å². The molecule has 194 valence electrons. The second-order valence-corrected chi connectivity index (χ2v) is 12.1. The second kappa shape index (κ2) is 8.39. The van der Waals surface area contributed by atoms with Gasteiger partial charge in [-0.15, -0.1) is 11.8 Å². The molecule has 3 aromatic carbocycles. The molecule has 7 rings (SSSR count). The molecule has 0 bridgehead atoms. The molecule has 4 unspecified atom stereocenters. The molecule has 0 aromatic heterocycles. The molecule has 2 spiro atoms. The number of amides is 1. The highest BCUT2D eigenvalue weighted by Gasteiger charge is 2.79. The summed E-state index contributed by atoms with van der Waals surface area (Å²) in [6, 6.07) is 16.7. The smallest absolute Gasteiger partial charge is 0.250 e. The first kappa shape index (κ1) is 24.3. The van der Waals surface area contributed by atoms with E-state index in [1.54, 1.807) is 38.1 Å². The molecule has 2 fully saturated rings. The number of thioether (sulfide) groups is 1. The number of carbonyl (C=O) groups excluding carboxylic acids is 2. The number of anilines is 1. The van der Waals surface area contributed by atoms with Crippen LogP contribution in [0.2, 0.25) is 10.0 Å². The number of hydrogen-bond acceptors (Lipinski definition) is 6. The van der Waals surface area contributed by atoms with Gasteiger partial charge < -0.3 is 14.8 Å². The largest absolute Gasteiger partial charge is 0.493 e. The van der Waals surface area contributed by atoms with Crippen LogP contribution in [0.3, 0.4) is 0 Å². The Balaban J connectivity index is 1.58. The summed E-state index contributed by atoms with van der Waals surface area (Å²) in [7, 11) is 3.13. The van der Waals surface area contributed by atoms with Gasteiger partial charge in [-0.05, 0) is 53.9 Å². The van der Waals surface area contributed by atoms with Gasteiger partial charge in [0.15, 0.2) is 17.3 Å². The monoisotopic (exact) mass is 566 g/mol. The molecule has 4 atom stereocenters. The Morgan fingerprint density at radius 1 is 1.03 bits per heavy atom. The second-order valence-electron chi connectivity index (χ2n) is 10.2. The van der Waals surface area contributed by atoms with E-state index in [1.807, 2.05) is 42.5 Å². The van der Waals surface area contributed by atoms with Crippen LogP contribution in [0.25, 0.3) is 0 Å². The minimum absolute atomic E-state index is 0.0826. The minimum Gasteiger partial charge on any atom is -0.493 e. The van der Waals surface area contributed by atoms with Crippen molar-refractivity contribution in [2.75, 3.05) is 31.2 Å². The first-order chi connectivity index (χ1) is 18.4. The Labute approximate surface area is 234 Å². The summed E-state index contributed by atoms with van der Waals surface area (Å²) in [4.78, 5) is 31.7. The summed E-state index contributed by atoms with van der Waals surface area (Å²) in [6.45, 7) is 0. The van der Waals surface area contributed by atoms with Gasteiger partial charge in [0.1, 0.15) is 5.54 Å². The first-order valence-corrected chi connectivity index (χ1v) is 14.3. The van der Waals surface area contributed by atoms with Gasteiger partial charge in [-0.2, -0.15) is 0 Å². The minimum atomic E-state index is -1.26. The number of ether oxygens (including phenoxy) is 2. The highest BCUT2D eigenvalue weighted by Crippen LogP contribution is 2.71. The molecule has 3 aromatic rings. The number of rotatable bonds is 3. The number of hydrogen-bond donors (Lipinski definition) is 1. The van der Waals surface area contributed by atoms with Crippen molar-refractivity contribution in [1.82, 2.24) is 4.90 Å². The lowest BCUT2D eigenvalue weighted by atomic mass is 9.58. The van der Waals surface area contributed by atoms with Crippen LogP contribution in [0.4, 0.5) is 5.69 Å².